The number of benzene rings is 1. The van der Waals surface area contributed by atoms with Crippen molar-refractivity contribution in [1.82, 2.24) is 9.97 Å². The Bertz CT molecular complexity index is 822. The molecule has 3 rings (SSSR count). The topological polar surface area (TPSA) is 107 Å². The van der Waals surface area contributed by atoms with Crippen LogP contribution in [0.3, 0.4) is 0 Å². The van der Waals surface area contributed by atoms with Gasteiger partial charge in [0.2, 0.25) is 5.95 Å². The van der Waals surface area contributed by atoms with Crippen LogP contribution in [0.25, 0.3) is 11.3 Å². The first-order valence-electron chi connectivity index (χ1n) is 6.91. The van der Waals surface area contributed by atoms with Gasteiger partial charge in [-0.3, -0.25) is 4.79 Å². The average Bonchev–Trinajstić information content (AvgIpc) is 2.48. The third kappa shape index (κ3) is 2.32. The van der Waals surface area contributed by atoms with Crippen molar-refractivity contribution in [2.24, 2.45) is 0 Å². The maximum absolute atomic E-state index is 14.2. The maximum Gasteiger partial charge on any atom is 0.270 e. The number of nitrogens with zero attached hydrogens (tertiary/aromatic N) is 3. The zero-order valence-corrected chi connectivity index (χ0v) is 12.9. The molecule has 8 heteroatoms. The van der Waals surface area contributed by atoms with Gasteiger partial charge in [-0.15, -0.1) is 0 Å². The number of carbonyl (C=O) groups is 1. The predicted octanol–water partition coefficient (Wildman–Crippen LogP) is 1.58. The SMILES string of the molecule is CN1C(=O)C(C)(C)Oc2ccc(-c3nc(N)nc(N)c3F)cc21. The van der Waals surface area contributed by atoms with Gasteiger partial charge in [0.05, 0.1) is 5.69 Å². The summed E-state index contributed by atoms with van der Waals surface area (Å²) in [4.78, 5) is 21.2. The minimum Gasteiger partial charge on any atom is -0.476 e. The van der Waals surface area contributed by atoms with E-state index in [4.69, 9.17) is 16.2 Å². The molecule has 2 heterocycles. The molecule has 0 bridgehead atoms. The molecule has 7 nitrogen and oxygen atoms in total. The van der Waals surface area contributed by atoms with Crippen LogP contribution in [-0.2, 0) is 4.79 Å². The van der Waals surface area contributed by atoms with E-state index in [1.165, 1.54) is 4.90 Å². The van der Waals surface area contributed by atoms with Gasteiger partial charge in [-0.25, -0.2) is 9.37 Å². The Balaban J connectivity index is 2.15. The Morgan fingerprint density at radius 1 is 1.26 bits per heavy atom. The Labute approximate surface area is 132 Å². The summed E-state index contributed by atoms with van der Waals surface area (Å²) >= 11 is 0. The summed E-state index contributed by atoms with van der Waals surface area (Å²) in [7, 11) is 1.63. The first kappa shape index (κ1) is 15.0. The molecule has 1 amide bonds. The van der Waals surface area contributed by atoms with Gasteiger partial charge in [0.15, 0.2) is 17.2 Å². The number of nitrogen functional groups attached to an aromatic ring is 2. The van der Waals surface area contributed by atoms with E-state index in [0.29, 0.717) is 17.0 Å². The highest BCUT2D eigenvalue weighted by molar-refractivity contribution is 6.02. The van der Waals surface area contributed by atoms with E-state index >= 15 is 0 Å². The quantitative estimate of drug-likeness (QED) is 0.827. The summed E-state index contributed by atoms with van der Waals surface area (Å²) in [6, 6.07) is 4.89. The molecule has 0 saturated carbocycles. The molecule has 1 aromatic heterocycles. The molecule has 2 aromatic rings. The highest BCUT2D eigenvalue weighted by Gasteiger charge is 2.39. The number of fused-ring (bicyclic) bond motifs is 1. The monoisotopic (exact) mass is 317 g/mol. The van der Waals surface area contributed by atoms with Crippen molar-refractivity contribution in [3.05, 3.63) is 24.0 Å². The number of nitrogens with two attached hydrogens (primary N) is 2. The first-order chi connectivity index (χ1) is 10.7. The van der Waals surface area contributed by atoms with Gasteiger partial charge in [-0.05, 0) is 32.0 Å². The molecule has 0 aliphatic carbocycles. The summed E-state index contributed by atoms with van der Waals surface area (Å²) in [6.45, 7) is 3.38. The molecule has 0 fully saturated rings. The van der Waals surface area contributed by atoms with E-state index in [1.807, 2.05) is 0 Å². The van der Waals surface area contributed by atoms with Crippen LogP contribution in [-0.4, -0.2) is 28.5 Å². The number of anilines is 3. The second-order valence-electron chi connectivity index (χ2n) is 5.79. The smallest absolute Gasteiger partial charge is 0.270 e. The number of amides is 1. The molecule has 1 aliphatic rings. The highest BCUT2D eigenvalue weighted by atomic mass is 19.1. The molecule has 0 saturated heterocycles. The van der Waals surface area contributed by atoms with Gasteiger partial charge in [0, 0.05) is 12.6 Å². The number of likely N-dealkylation sites (N-methyl/N-ethyl adjacent to an activating group) is 1. The molecular formula is C15H16FN5O2. The number of aromatic nitrogens is 2. The molecule has 0 unspecified atom stereocenters. The lowest BCUT2D eigenvalue weighted by Crippen LogP contribution is -2.50. The summed E-state index contributed by atoms with van der Waals surface area (Å²) in [5.74, 6) is -0.892. The lowest BCUT2D eigenvalue weighted by Gasteiger charge is -2.37. The average molecular weight is 317 g/mol. The van der Waals surface area contributed by atoms with Gasteiger partial charge in [0.25, 0.3) is 5.91 Å². The third-order valence-electron chi connectivity index (χ3n) is 3.67. The van der Waals surface area contributed by atoms with Crippen LogP contribution >= 0.6 is 0 Å². The van der Waals surface area contributed by atoms with Crippen molar-refractivity contribution in [2.45, 2.75) is 19.4 Å². The van der Waals surface area contributed by atoms with E-state index in [0.717, 1.165) is 0 Å². The lowest BCUT2D eigenvalue weighted by molar-refractivity contribution is -0.132. The number of carbonyl (C=O) groups excluding carboxylic acids is 1. The molecule has 120 valence electrons. The fourth-order valence-electron chi connectivity index (χ4n) is 2.52. The number of ether oxygens (including phenoxy) is 1. The number of hydrogen-bond acceptors (Lipinski definition) is 6. The van der Waals surface area contributed by atoms with Crippen molar-refractivity contribution in [1.29, 1.82) is 0 Å². The van der Waals surface area contributed by atoms with E-state index in [1.54, 1.807) is 39.1 Å². The standard InChI is InChI=1S/C15H16FN5O2/c1-15(2)13(22)21(3)8-6-7(4-5-9(8)23-15)11-10(16)12(17)20-14(18)19-11/h4-6H,1-3H3,(H4,17,18,19,20). The molecule has 1 aliphatic heterocycles. The van der Waals surface area contributed by atoms with Gasteiger partial charge >= 0.3 is 0 Å². The predicted molar refractivity (Wildman–Crippen MR) is 84.4 cm³/mol. The molecule has 0 spiro atoms. The molecule has 23 heavy (non-hydrogen) atoms. The minimum absolute atomic E-state index is 0.0246. The number of hydrogen-bond donors (Lipinski definition) is 2. The van der Waals surface area contributed by atoms with Crippen LogP contribution < -0.4 is 21.1 Å². The Hall–Kier alpha value is -2.90. The van der Waals surface area contributed by atoms with Crippen molar-refractivity contribution in [3.63, 3.8) is 0 Å². The van der Waals surface area contributed by atoms with E-state index in [-0.39, 0.29) is 23.4 Å². The number of halogens is 1. The molecule has 4 N–H and O–H groups in total. The van der Waals surface area contributed by atoms with Crippen LogP contribution in [0.1, 0.15) is 13.8 Å². The maximum atomic E-state index is 14.2. The van der Waals surface area contributed by atoms with Crippen LogP contribution in [0.5, 0.6) is 5.75 Å². The summed E-state index contributed by atoms with van der Waals surface area (Å²) in [5, 5.41) is 0. The van der Waals surface area contributed by atoms with Crippen LogP contribution in [0.4, 0.5) is 21.8 Å². The minimum atomic E-state index is -0.960. The van der Waals surface area contributed by atoms with Crippen LogP contribution in [0.2, 0.25) is 0 Å². The van der Waals surface area contributed by atoms with Gasteiger partial charge < -0.3 is 21.1 Å². The lowest BCUT2D eigenvalue weighted by atomic mass is 10.0. The Kier molecular flexibility index (Phi) is 3.13. The van der Waals surface area contributed by atoms with E-state index < -0.39 is 11.4 Å². The van der Waals surface area contributed by atoms with Crippen LogP contribution in [0.15, 0.2) is 18.2 Å². The second-order valence-corrected chi connectivity index (χ2v) is 5.79. The van der Waals surface area contributed by atoms with Gasteiger partial charge in [-0.2, -0.15) is 4.98 Å². The Morgan fingerprint density at radius 3 is 2.65 bits per heavy atom. The zero-order chi connectivity index (χ0) is 16.9. The van der Waals surface area contributed by atoms with E-state index in [9.17, 15) is 9.18 Å². The van der Waals surface area contributed by atoms with Gasteiger partial charge in [0.1, 0.15) is 11.4 Å². The summed E-state index contributed by atoms with van der Waals surface area (Å²) < 4.78 is 19.9. The Morgan fingerprint density at radius 2 is 1.96 bits per heavy atom. The molecule has 0 radical (unpaired) electrons. The fourth-order valence-corrected chi connectivity index (χ4v) is 2.52. The van der Waals surface area contributed by atoms with Crippen molar-refractivity contribution in [2.75, 3.05) is 23.4 Å². The van der Waals surface area contributed by atoms with Crippen molar-refractivity contribution < 1.29 is 13.9 Å². The molecule has 1 aromatic carbocycles. The van der Waals surface area contributed by atoms with Crippen molar-refractivity contribution in [3.8, 4) is 17.0 Å². The normalized spacial score (nSPS) is 16.0. The molecule has 0 atom stereocenters. The zero-order valence-electron chi connectivity index (χ0n) is 12.9. The first-order valence-corrected chi connectivity index (χ1v) is 6.91. The largest absolute Gasteiger partial charge is 0.476 e. The van der Waals surface area contributed by atoms with Gasteiger partial charge in [-0.1, -0.05) is 0 Å². The highest BCUT2D eigenvalue weighted by Crippen LogP contribution is 2.39. The second kappa shape index (κ2) is 4.80. The summed E-state index contributed by atoms with van der Waals surface area (Å²) in [5.41, 5.74) is 11.0. The third-order valence-corrected chi connectivity index (χ3v) is 3.67. The summed E-state index contributed by atoms with van der Waals surface area (Å²) in [6.07, 6.45) is 0. The van der Waals surface area contributed by atoms with Crippen LogP contribution in [0, 0.1) is 5.82 Å². The fraction of sp³-hybridized carbons (Fsp3) is 0.267. The number of rotatable bonds is 1. The molecular weight excluding hydrogens is 301 g/mol. The van der Waals surface area contributed by atoms with E-state index in [2.05, 4.69) is 9.97 Å². The van der Waals surface area contributed by atoms with Crippen molar-refractivity contribution >= 4 is 23.4 Å².